The summed E-state index contributed by atoms with van der Waals surface area (Å²) in [6, 6.07) is 7.97. The van der Waals surface area contributed by atoms with Crippen molar-refractivity contribution in [2.24, 2.45) is 11.3 Å². The van der Waals surface area contributed by atoms with Gasteiger partial charge in [-0.15, -0.1) is 0 Å². The highest BCUT2D eigenvalue weighted by atomic mass is 16.5. The minimum absolute atomic E-state index is 0.342. The van der Waals surface area contributed by atoms with Gasteiger partial charge < -0.3 is 29.9 Å². The second-order valence-corrected chi connectivity index (χ2v) is 8.04. The minimum atomic E-state index is -1.62. The smallest absolute Gasteiger partial charge is 0.336 e. The fourth-order valence-electron chi connectivity index (χ4n) is 4.76. The van der Waals surface area contributed by atoms with Crippen LogP contribution < -0.4 is 0 Å². The first-order valence-corrected chi connectivity index (χ1v) is 9.67. The van der Waals surface area contributed by atoms with Gasteiger partial charge in [0.05, 0.1) is 25.2 Å². The summed E-state index contributed by atoms with van der Waals surface area (Å²) in [7, 11) is 1.31. The lowest BCUT2D eigenvalue weighted by Crippen LogP contribution is -2.58. The highest BCUT2D eigenvalue weighted by Crippen LogP contribution is 2.53. The summed E-state index contributed by atoms with van der Waals surface area (Å²) in [5, 5.41) is 32.9. The molecule has 0 bridgehead atoms. The summed E-state index contributed by atoms with van der Waals surface area (Å²) in [4.78, 5) is 17.4. The quantitative estimate of drug-likeness (QED) is 0.447. The van der Waals surface area contributed by atoms with Gasteiger partial charge in [0, 0.05) is 35.3 Å². The van der Waals surface area contributed by atoms with E-state index in [1.807, 2.05) is 30.5 Å². The third-order valence-corrected chi connectivity index (χ3v) is 6.39. The standard InChI is InChI=1S/C22H26N2O5/c1-21-8-9-22(28,13-25)18(21)19(26)24(12-16(21)20(27)29-2)10-7-14-11-23-17-6-4-3-5-15(14)17/h3-6,8-9,11-12,18-19,23,25-26,28H,7,10,13H2,1-2H3/t18-,19?,21+,22?/m0/s1. The van der Waals surface area contributed by atoms with E-state index >= 15 is 0 Å². The van der Waals surface area contributed by atoms with Crippen molar-refractivity contribution in [1.29, 1.82) is 0 Å². The molecule has 0 saturated carbocycles. The Morgan fingerprint density at radius 3 is 2.79 bits per heavy atom. The molecule has 1 aliphatic heterocycles. The van der Waals surface area contributed by atoms with Gasteiger partial charge >= 0.3 is 5.97 Å². The van der Waals surface area contributed by atoms with Crippen LogP contribution in [-0.2, 0) is 16.0 Å². The fraction of sp³-hybridized carbons (Fsp3) is 0.409. The number of carbonyl (C=O) groups excluding carboxylic acids is 1. The van der Waals surface area contributed by atoms with Crippen LogP contribution in [0.5, 0.6) is 0 Å². The predicted molar refractivity (Wildman–Crippen MR) is 108 cm³/mol. The molecule has 0 saturated heterocycles. The van der Waals surface area contributed by atoms with Crippen LogP contribution in [0.4, 0.5) is 0 Å². The van der Waals surface area contributed by atoms with Gasteiger partial charge in [0.15, 0.2) is 0 Å². The number of fused-ring (bicyclic) bond motifs is 2. The van der Waals surface area contributed by atoms with Gasteiger partial charge in [-0.1, -0.05) is 37.3 Å². The Hall–Kier alpha value is -2.61. The molecule has 7 nitrogen and oxygen atoms in total. The lowest BCUT2D eigenvalue weighted by atomic mass is 9.67. The van der Waals surface area contributed by atoms with Crippen molar-refractivity contribution in [1.82, 2.24) is 9.88 Å². The molecule has 1 aliphatic carbocycles. The Kier molecular flexibility index (Phi) is 4.77. The number of nitrogens with one attached hydrogen (secondary N) is 1. The Bertz CT molecular complexity index is 996. The number of hydrogen-bond acceptors (Lipinski definition) is 6. The number of ether oxygens (including phenoxy) is 1. The van der Waals surface area contributed by atoms with Crippen LogP contribution in [0.3, 0.4) is 0 Å². The van der Waals surface area contributed by atoms with Crippen molar-refractivity contribution in [2.75, 3.05) is 20.3 Å². The van der Waals surface area contributed by atoms with Crippen LogP contribution in [0, 0.1) is 11.3 Å². The summed E-state index contributed by atoms with van der Waals surface area (Å²) in [5.74, 6) is -1.32. The monoisotopic (exact) mass is 398 g/mol. The van der Waals surface area contributed by atoms with Gasteiger partial charge in [-0.05, 0) is 18.1 Å². The van der Waals surface area contributed by atoms with Gasteiger partial charge in [-0.3, -0.25) is 0 Å². The second-order valence-electron chi connectivity index (χ2n) is 8.04. The molecule has 7 heteroatoms. The average Bonchev–Trinajstić information content (AvgIpc) is 3.26. The first kappa shape index (κ1) is 19.7. The van der Waals surface area contributed by atoms with E-state index in [0.717, 1.165) is 16.5 Å². The zero-order valence-corrected chi connectivity index (χ0v) is 16.5. The molecule has 2 aromatic rings. The number of aliphatic hydroxyl groups excluding tert-OH is 2. The highest BCUT2D eigenvalue weighted by molar-refractivity contribution is 5.91. The third kappa shape index (κ3) is 2.97. The molecule has 1 aromatic heterocycles. The largest absolute Gasteiger partial charge is 0.466 e. The number of esters is 1. The van der Waals surface area contributed by atoms with E-state index in [2.05, 4.69) is 4.98 Å². The van der Waals surface area contributed by atoms with E-state index in [1.165, 1.54) is 13.2 Å². The minimum Gasteiger partial charge on any atom is -0.466 e. The normalized spacial score (nSPS) is 31.1. The van der Waals surface area contributed by atoms with E-state index in [1.54, 1.807) is 24.1 Å². The molecule has 2 heterocycles. The van der Waals surface area contributed by atoms with Crippen molar-refractivity contribution in [3.05, 3.63) is 60.0 Å². The summed E-state index contributed by atoms with van der Waals surface area (Å²) in [6.07, 6.45) is 6.26. The van der Waals surface area contributed by atoms with Crippen molar-refractivity contribution in [3.8, 4) is 0 Å². The third-order valence-electron chi connectivity index (χ3n) is 6.39. The maximum Gasteiger partial charge on any atom is 0.336 e. The molecular formula is C22H26N2O5. The molecule has 2 unspecified atom stereocenters. The zero-order valence-electron chi connectivity index (χ0n) is 16.5. The number of aromatic nitrogens is 1. The van der Waals surface area contributed by atoms with Crippen molar-refractivity contribution >= 4 is 16.9 Å². The maximum atomic E-state index is 12.5. The van der Waals surface area contributed by atoms with E-state index in [4.69, 9.17) is 4.74 Å². The number of nitrogens with zero attached hydrogens (tertiary/aromatic N) is 1. The Balaban J connectivity index is 1.67. The van der Waals surface area contributed by atoms with Gasteiger partial charge in [0.1, 0.15) is 11.8 Å². The molecule has 1 aromatic carbocycles. The molecule has 4 rings (SSSR count). The Labute approximate surface area is 168 Å². The van der Waals surface area contributed by atoms with Gasteiger partial charge in [-0.2, -0.15) is 0 Å². The molecule has 154 valence electrons. The molecule has 2 aliphatic rings. The number of carbonyl (C=O) groups is 1. The molecule has 29 heavy (non-hydrogen) atoms. The second kappa shape index (κ2) is 7.02. The Morgan fingerprint density at radius 2 is 2.07 bits per heavy atom. The number of H-pyrrole nitrogens is 1. The number of aromatic amines is 1. The highest BCUT2D eigenvalue weighted by Gasteiger charge is 2.59. The zero-order chi connectivity index (χ0) is 20.8. The van der Waals surface area contributed by atoms with Crippen LogP contribution in [-0.4, -0.2) is 63.3 Å². The summed E-state index contributed by atoms with van der Waals surface area (Å²) in [6.45, 7) is 1.65. The number of methoxy groups -OCH3 is 1. The number of benzene rings is 1. The summed E-state index contributed by atoms with van der Waals surface area (Å²) in [5.41, 5.74) is -0.0946. The lowest BCUT2D eigenvalue weighted by molar-refractivity contribution is -0.150. The number of para-hydroxylation sites is 1. The van der Waals surface area contributed by atoms with Crippen LogP contribution in [0.25, 0.3) is 10.9 Å². The summed E-state index contributed by atoms with van der Waals surface area (Å²) >= 11 is 0. The van der Waals surface area contributed by atoms with E-state index in [0.29, 0.717) is 18.5 Å². The predicted octanol–water partition coefficient (Wildman–Crippen LogP) is 1.32. The van der Waals surface area contributed by atoms with E-state index in [-0.39, 0.29) is 0 Å². The van der Waals surface area contributed by atoms with Crippen LogP contribution in [0.1, 0.15) is 12.5 Å². The Morgan fingerprint density at radius 1 is 1.31 bits per heavy atom. The molecule has 4 N–H and O–H groups in total. The maximum absolute atomic E-state index is 12.5. The van der Waals surface area contributed by atoms with Gasteiger partial charge in [0.25, 0.3) is 0 Å². The molecule has 0 amide bonds. The fourth-order valence-corrected chi connectivity index (χ4v) is 4.76. The van der Waals surface area contributed by atoms with Crippen LogP contribution in [0.15, 0.2) is 54.4 Å². The van der Waals surface area contributed by atoms with Crippen LogP contribution in [0.2, 0.25) is 0 Å². The van der Waals surface area contributed by atoms with Gasteiger partial charge in [0.2, 0.25) is 0 Å². The van der Waals surface area contributed by atoms with Crippen molar-refractivity contribution in [2.45, 2.75) is 25.2 Å². The average molecular weight is 398 g/mol. The lowest BCUT2D eigenvalue weighted by Gasteiger charge is -2.48. The molecule has 0 radical (unpaired) electrons. The number of aliphatic hydroxyl groups is 3. The first-order valence-electron chi connectivity index (χ1n) is 9.67. The molecular weight excluding hydrogens is 372 g/mol. The van der Waals surface area contributed by atoms with Crippen molar-refractivity contribution in [3.63, 3.8) is 0 Å². The van der Waals surface area contributed by atoms with Gasteiger partial charge in [-0.25, -0.2) is 4.79 Å². The SMILES string of the molecule is COC(=O)C1=CN(CCc2c[nH]c3ccccc23)C(O)[C@@H]2C(O)(CO)C=C[C@]12C. The van der Waals surface area contributed by atoms with E-state index in [9.17, 15) is 20.1 Å². The molecule has 4 atom stereocenters. The number of hydrogen-bond donors (Lipinski definition) is 4. The molecule has 0 spiro atoms. The summed E-state index contributed by atoms with van der Waals surface area (Å²) < 4.78 is 4.96. The molecule has 0 fully saturated rings. The van der Waals surface area contributed by atoms with E-state index < -0.39 is 35.7 Å². The first-order chi connectivity index (χ1) is 13.8. The number of rotatable bonds is 5. The van der Waals surface area contributed by atoms with Crippen LogP contribution >= 0.6 is 0 Å². The van der Waals surface area contributed by atoms with Crippen molar-refractivity contribution < 1.29 is 24.9 Å². The topological polar surface area (TPSA) is 106 Å². The number of allylic oxidation sites excluding steroid dienone is 1.